The first-order chi connectivity index (χ1) is 6.09. The summed E-state index contributed by atoms with van der Waals surface area (Å²) in [6, 6.07) is -0.569. The second-order valence-corrected chi connectivity index (χ2v) is 3.02. The normalized spacial score (nSPS) is 17.5. The van der Waals surface area contributed by atoms with Gasteiger partial charge in [-0.15, -0.1) is 11.6 Å². The molecule has 0 unspecified atom stereocenters. The summed E-state index contributed by atoms with van der Waals surface area (Å²) in [6.45, 7) is 0.206. The number of alkyl halides is 1. The molecule has 1 rings (SSSR count). The van der Waals surface area contributed by atoms with Crippen molar-refractivity contribution in [2.75, 3.05) is 19.5 Å². The van der Waals surface area contributed by atoms with E-state index in [1.54, 1.807) is 0 Å². The minimum atomic E-state index is -0.778. The Morgan fingerprint density at radius 2 is 1.85 bits per heavy atom. The van der Waals surface area contributed by atoms with Crippen LogP contribution in [-0.4, -0.2) is 47.1 Å². The third-order valence-electron chi connectivity index (χ3n) is 1.77. The molecule has 0 aromatic carbocycles. The monoisotopic (exact) mass is 204 g/mol. The van der Waals surface area contributed by atoms with Crippen molar-refractivity contribution < 1.29 is 14.4 Å². The van der Waals surface area contributed by atoms with E-state index in [1.165, 1.54) is 7.05 Å². The average molecular weight is 205 g/mol. The summed E-state index contributed by atoms with van der Waals surface area (Å²) in [4.78, 5) is 35.0. The number of urea groups is 1. The van der Waals surface area contributed by atoms with Crippen molar-refractivity contribution in [3.05, 3.63) is 0 Å². The largest absolute Gasteiger partial charge is 0.333 e. The van der Waals surface area contributed by atoms with E-state index in [0.717, 1.165) is 9.80 Å². The molecule has 0 aliphatic carbocycles. The van der Waals surface area contributed by atoms with E-state index in [9.17, 15) is 14.4 Å². The van der Waals surface area contributed by atoms with E-state index in [2.05, 4.69) is 0 Å². The number of hydrogen-bond acceptors (Lipinski definition) is 3. The molecular weight excluding hydrogens is 196 g/mol. The van der Waals surface area contributed by atoms with Crippen molar-refractivity contribution >= 4 is 29.4 Å². The zero-order valence-corrected chi connectivity index (χ0v) is 7.87. The summed E-state index contributed by atoms with van der Waals surface area (Å²) in [5, 5.41) is 0. The van der Waals surface area contributed by atoms with Crippen molar-refractivity contribution in [2.45, 2.75) is 6.42 Å². The Morgan fingerprint density at radius 3 is 2.23 bits per heavy atom. The van der Waals surface area contributed by atoms with Gasteiger partial charge >= 0.3 is 17.8 Å². The number of imide groups is 2. The average Bonchev–Trinajstić information content (AvgIpc) is 2.30. The van der Waals surface area contributed by atoms with Crippen LogP contribution in [0.25, 0.3) is 0 Å². The zero-order valence-electron chi connectivity index (χ0n) is 7.12. The molecule has 1 aliphatic rings. The first-order valence-electron chi connectivity index (χ1n) is 3.79. The van der Waals surface area contributed by atoms with Gasteiger partial charge in [-0.3, -0.25) is 19.4 Å². The van der Waals surface area contributed by atoms with Gasteiger partial charge in [0, 0.05) is 19.5 Å². The second kappa shape index (κ2) is 3.74. The van der Waals surface area contributed by atoms with Gasteiger partial charge in [-0.2, -0.15) is 0 Å². The van der Waals surface area contributed by atoms with Crippen molar-refractivity contribution in [1.29, 1.82) is 0 Å². The number of carbonyl (C=O) groups is 3. The van der Waals surface area contributed by atoms with Gasteiger partial charge in [0.15, 0.2) is 0 Å². The first kappa shape index (κ1) is 9.98. The molecule has 72 valence electrons. The molecule has 1 saturated heterocycles. The molecule has 13 heavy (non-hydrogen) atoms. The van der Waals surface area contributed by atoms with Gasteiger partial charge in [0.25, 0.3) is 0 Å². The van der Waals surface area contributed by atoms with Gasteiger partial charge in [-0.1, -0.05) is 0 Å². The Hall–Kier alpha value is -1.10. The number of halogens is 1. The molecule has 0 spiro atoms. The van der Waals surface area contributed by atoms with Crippen LogP contribution in [0.3, 0.4) is 0 Å². The van der Waals surface area contributed by atoms with Crippen molar-refractivity contribution in [3.8, 4) is 0 Å². The minimum Gasteiger partial charge on any atom is -0.263 e. The molecule has 1 heterocycles. The predicted molar refractivity (Wildman–Crippen MR) is 45.2 cm³/mol. The lowest BCUT2D eigenvalue weighted by atomic mass is 10.4. The van der Waals surface area contributed by atoms with Gasteiger partial charge in [0.1, 0.15) is 0 Å². The highest BCUT2D eigenvalue weighted by Gasteiger charge is 2.41. The van der Waals surface area contributed by atoms with E-state index < -0.39 is 17.8 Å². The highest BCUT2D eigenvalue weighted by Crippen LogP contribution is 2.09. The fourth-order valence-corrected chi connectivity index (χ4v) is 1.15. The van der Waals surface area contributed by atoms with E-state index in [-0.39, 0.29) is 6.54 Å². The maximum absolute atomic E-state index is 11.2. The van der Waals surface area contributed by atoms with E-state index in [0.29, 0.717) is 12.3 Å². The van der Waals surface area contributed by atoms with Crippen molar-refractivity contribution in [2.24, 2.45) is 0 Å². The van der Waals surface area contributed by atoms with Gasteiger partial charge in [0.2, 0.25) is 0 Å². The van der Waals surface area contributed by atoms with Crippen molar-refractivity contribution in [3.63, 3.8) is 0 Å². The molecule has 5 nitrogen and oxygen atoms in total. The first-order valence-corrected chi connectivity index (χ1v) is 4.32. The SMILES string of the molecule is CN1C(=O)C(=O)N(CCCCl)C1=O. The molecule has 1 fully saturated rings. The van der Waals surface area contributed by atoms with Crippen LogP contribution in [0.4, 0.5) is 4.79 Å². The molecule has 0 N–H and O–H groups in total. The molecule has 4 amide bonds. The van der Waals surface area contributed by atoms with E-state index in [4.69, 9.17) is 11.6 Å². The van der Waals surface area contributed by atoms with Gasteiger partial charge in [0.05, 0.1) is 0 Å². The Bertz CT molecular complexity index is 266. The molecule has 6 heteroatoms. The lowest BCUT2D eigenvalue weighted by molar-refractivity contribution is -0.142. The van der Waals surface area contributed by atoms with E-state index >= 15 is 0 Å². The highest BCUT2D eigenvalue weighted by atomic mass is 35.5. The molecule has 0 aromatic rings. The maximum Gasteiger partial charge on any atom is 0.333 e. The third-order valence-corrected chi connectivity index (χ3v) is 2.03. The molecule has 0 atom stereocenters. The molecule has 0 saturated carbocycles. The van der Waals surface area contributed by atoms with Gasteiger partial charge in [-0.25, -0.2) is 4.79 Å². The van der Waals surface area contributed by atoms with Crippen LogP contribution in [0.15, 0.2) is 0 Å². The van der Waals surface area contributed by atoms with Crippen LogP contribution in [0.5, 0.6) is 0 Å². The fraction of sp³-hybridized carbons (Fsp3) is 0.571. The second-order valence-electron chi connectivity index (χ2n) is 2.65. The van der Waals surface area contributed by atoms with Crippen LogP contribution < -0.4 is 0 Å². The summed E-state index contributed by atoms with van der Waals surface area (Å²) in [7, 11) is 1.28. The minimum absolute atomic E-state index is 0.206. The van der Waals surface area contributed by atoms with Crippen LogP contribution >= 0.6 is 11.6 Å². The summed E-state index contributed by atoms with van der Waals surface area (Å²) >= 11 is 5.40. The molecule has 1 aliphatic heterocycles. The summed E-state index contributed by atoms with van der Waals surface area (Å²) in [5.41, 5.74) is 0. The number of likely N-dealkylation sites (N-methyl/N-ethyl adjacent to an activating group) is 1. The summed E-state index contributed by atoms with van der Waals surface area (Å²) in [5.74, 6) is -1.19. The summed E-state index contributed by atoms with van der Waals surface area (Å²) in [6.07, 6.45) is 0.500. The van der Waals surface area contributed by atoms with Crippen LogP contribution in [0.1, 0.15) is 6.42 Å². The van der Waals surface area contributed by atoms with Gasteiger partial charge < -0.3 is 0 Å². The Kier molecular flexibility index (Phi) is 2.87. The quantitative estimate of drug-likeness (QED) is 0.371. The summed E-state index contributed by atoms with van der Waals surface area (Å²) < 4.78 is 0. The number of rotatable bonds is 3. The Labute approximate surface area is 80.2 Å². The molecule has 0 bridgehead atoms. The lowest BCUT2D eigenvalue weighted by Gasteiger charge is -2.10. The number of hydrogen-bond donors (Lipinski definition) is 0. The topological polar surface area (TPSA) is 57.7 Å². The lowest BCUT2D eigenvalue weighted by Crippen LogP contribution is -2.32. The zero-order chi connectivity index (χ0) is 10.0. The van der Waals surface area contributed by atoms with Crippen molar-refractivity contribution in [1.82, 2.24) is 9.80 Å². The number of nitrogens with zero attached hydrogens (tertiary/aromatic N) is 2. The fourth-order valence-electron chi connectivity index (χ4n) is 1.03. The highest BCUT2D eigenvalue weighted by molar-refractivity contribution is 6.44. The van der Waals surface area contributed by atoms with E-state index in [1.807, 2.05) is 0 Å². The molecule has 0 radical (unpaired) electrons. The predicted octanol–water partition coefficient (Wildman–Crippen LogP) is 0.0359. The van der Waals surface area contributed by atoms with Crippen LogP contribution in [-0.2, 0) is 9.59 Å². The smallest absolute Gasteiger partial charge is 0.263 e. The van der Waals surface area contributed by atoms with Gasteiger partial charge in [-0.05, 0) is 6.42 Å². The third kappa shape index (κ3) is 1.65. The Balaban J connectivity index is 2.70. The van der Waals surface area contributed by atoms with Crippen LogP contribution in [0.2, 0.25) is 0 Å². The number of carbonyl (C=O) groups excluding carboxylic acids is 3. The molecule has 0 aromatic heterocycles. The standard InChI is InChI=1S/C7H9ClN2O3/c1-9-5(11)6(12)10(7(9)13)4-2-3-8/h2-4H2,1H3. The Morgan fingerprint density at radius 1 is 1.23 bits per heavy atom. The number of amides is 4. The molecular formula is C7H9ClN2O3. The van der Waals surface area contributed by atoms with Crippen LogP contribution in [0, 0.1) is 0 Å². The maximum atomic E-state index is 11.2.